The van der Waals surface area contributed by atoms with E-state index >= 15 is 0 Å². The maximum atomic E-state index is 13.3. The first kappa shape index (κ1) is 24.1. The van der Waals surface area contributed by atoms with Crippen LogP contribution in [0.25, 0.3) is 0 Å². The van der Waals surface area contributed by atoms with Gasteiger partial charge < -0.3 is 15.0 Å². The van der Waals surface area contributed by atoms with Crippen molar-refractivity contribution in [3.8, 4) is 0 Å². The molecule has 0 aliphatic carbocycles. The second kappa shape index (κ2) is 9.97. The summed E-state index contributed by atoms with van der Waals surface area (Å²) in [5.74, 6) is -0.212. The summed E-state index contributed by atoms with van der Waals surface area (Å²) in [6.45, 7) is 4.84. The molecule has 0 bridgehead atoms. The van der Waals surface area contributed by atoms with Crippen LogP contribution in [0.1, 0.15) is 31.7 Å². The third-order valence-electron chi connectivity index (χ3n) is 5.71. The number of nitrogens with zero attached hydrogens (tertiary/aromatic N) is 4. The number of halogens is 1. The molecule has 1 atom stereocenters. The van der Waals surface area contributed by atoms with Gasteiger partial charge in [0.25, 0.3) is 0 Å². The molecule has 2 aromatic rings. The molecule has 0 radical (unpaired) electrons. The van der Waals surface area contributed by atoms with Crippen LogP contribution in [-0.2, 0) is 21.4 Å². The molecule has 12 heteroatoms. The number of nitrogens with one attached hydrogen (secondary N) is 1. The number of amides is 1. The topological polar surface area (TPSA) is 127 Å². The second-order valence-electron chi connectivity index (χ2n) is 8.01. The van der Waals surface area contributed by atoms with E-state index in [-0.39, 0.29) is 29.7 Å². The van der Waals surface area contributed by atoms with Gasteiger partial charge in [-0.25, -0.2) is 13.0 Å². The first-order valence-electron chi connectivity index (χ1n) is 10.3. The molecule has 174 valence electrons. The summed E-state index contributed by atoms with van der Waals surface area (Å²) in [7, 11) is -4.07. The van der Waals surface area contributed by atoms with Crippen molar-refractivity contribution in [1.82, 2.24) is 19.2 Å². The van der Waals surface area contributed by atoms with Crippen molar-refractivity contribution in [3.05, 3.63) is 51.3 Å². The van der Waals surface area contributed by atoms with Gasteiger partial charge in [-0.05, 0) is 48.3 Å². The molecular formula is C20H26ClN5O5S. The van der Waals surface area contributed by atoms with E-state index in [2.05, 4.69) is 16.6 Å². The number of hydrogen-bond donors (Lipinski definition) is 1. The Labute approximate surface area is 191 Å². The monoisotopic (exact) mass is 483 g/mol. The number of benzene rings is 1. The Kier molecular flexibility index (Phi) is 7.52. The van der Waals surface area contributed by atoms with Crippen molar-refractivity contribution in [2.45, 2.75) is 50.6 Å². The van der Waals surface area contributed by atoms with Crippen LogP contribution in [0.4, 0.5) is 5.95 Å². The molecular weight excluding hydrogens is 458 g/mol. The molecule has 1 unspecified atom stereocenters. The van der Waals surface area contributed by atoms with Crippen LogP contribution in [0.3, 0.4) is 0 Å². The first-order valence-corrected chi connectivity index (χ1v) is 12.2. The number of aryl methyl sites for hydroxylation is 1. The molecule has 1 saturated heterocycles. The van der Waals surface area contributed by atoms with Gasteiger partial charge in [0.05, 0.1) is 11.4 Å². The van der Waals surface area contributed by atoms with E-state index < -0.39 is 21.0 Å². The molecule has 0 saturated carbocycles. The molecule has 0 spiro atoms. The number of rotatable bonds is 8. The fourth-order valence-electron chi connectivity index (χ4n) is 3.73. The standard InChI is InChI=1S/C20H26ClN5O5S/c1-14-6-10-24(11-7-14)19(27)17(8-12-25-13-9-22-20(25)26(28)29)23-32(30,31)18-5-3-4-16(21)15(18)2/h3-5,9,13-14,17,23H,6-8,10-12H2,1-2H3. The van der Waals surface area contributed by atoms with Crippen LogP contribution in [0.2, 0.25) is 5.02 Å². The zero-order valence-corrected chi connectivity index (χ0v) is 19.5. The number of carbonyl (C=O) groups excluding carboxylic acids is 1. The first-order chi connectivity index (χ1) is 15.1. The minimum atomic E-state index is -4.07. The predicted molar refractivity (Wildman–Crippen MR) is 119 cm³/mol. The Morgan fingerprint density at radius 1 is 1.38 bits per heavy atom. The van der Waals surface area contributed by atoms with E-state index in [0.717, 1.165) is 12.8 Å². The number of nitro groups is 1. The van der Waals surface area contributed by atoms with Crippen molar-refractivity contribution < 1.29 is 18.1 Å². The molecule has 1 aromatic heterocycles. The van der Waals surface area contributed by atoms with Crippen molar-refractivity contribution >= 4 is 33.5 Å². The number of imidazole rings is 1. The summed E-state index contributed by atoms with van der Waals surface area (Å²) >= 11 is 6.09. The van der Waals surface area contributed by atoms with E-state index in [1.807, 2.05) is 0 Å². The number of sulfonamides is 1. The SMILES string of the molecule is Cc1c(Cl)cccc1S(=O)(=O)NC(CCn1ccnc1[N+](=O)[O-])C(=O)N1CCC(C)CC1. The van der Waals surface area contributed by atoms with Gasteiger partial charge in [0.1, 0.15) is 18.4 Å². The average molecular weight is 484 g/mol. The highest BCUT2D eigenvalue weighted by atomic mass is 35.5. The summed E-state index contributed by atoms with van der Waals surface area (Å²) in [6, 6.07) is 3.45. The van der Waals surface area contributed by atoms with Gasteiger partial charge in [-0.2, -0.15) is 4.72 Å². The molecule has 1 fully saturated rings. The molecule has 2 heterocycles. The van der Waals surface area contributed by atoms with Crippen LogP contribution in [0.15, 0.2) is 35.5 Å². The van der Waals surface area contributed by atoms with Crippen molar-refractivity contribution in [2.24, 2.45) is 5.92 Å². The molecule has 1 aliphatic heterocycles. The number of hydrogen-bond acceptors (Lipinski definition) is 6. The summed E-state index contributed by atoms with van der Waals surface area (Å²) in [5.41, 5.74) is 0.380. The molecule has 32 heavy (non-hydrogen) atoms. The van der Waals surface area contributed by atoms with Gasteiger partial charge >= 0.3 is 5.95 Å². The van der Waals surface area contributed by atoms with Crippen LogP contribution >= 0.6 is 11.6 Å². The Morgan fingerprint density at radius 3 is 2.72 bits per heavy atom. The third kappa shape index (κ3) is 5.45. The normalized spacial score (nSPS) is 16.2. The average Bonchev–Trinajstić information content (AvgIpc) is 3.22. The van der Waals surface area contributed by atoms with Gasteiger partial charge in [0, 0.05) is 24.5 Å². The van der Waals surface area contributed by atoms with Gasteiger partial charge in [0.15, 0.2) is 0 Å². The molecule has 10 nitrogen and oxygen atoms in total. The maximum Gasteiger partial charge on any atom is 0.434 e. The van der Waals surface area contributed by atoms with E-state index in [0.29, 0.717) is 29.6 Å². The van der Waals surface area contributed by atoms with Crippen molar-refractivity contribution in [2.75, 3.05) is 13.1 Å². The van der Waals surface area contributed by atoms with E-state index in [1.54, 1.807) is 17.9 Å². The fourth-order valence-corrected chi connectivity index (χ4v) is 5.45. The molecule has 1 N–H and O–H groups in total. The highest BCUT2D eigenvalue weighted by Gasteiger charge is 2.32. The minimum absolute atomic E-state index is 0.0105. The van der Waals surface area contributed by atoms with Crippen molar-refractivity contribution in [1.29, 1.82) is 0 Å². The quantitative estimate of drug-likeness (QED) is 0.454. The highest BCUT2D eigenvalue weighted by Crippen LogP contribution is 2.24. The predicted octanol–water partition coefficient (Wildman–Crippen LogP) is 2.75. The Hall–Kier alpha value is -2.50. The van der Waals surface area contributed by atoms with Gasteiger partial charge in [-0.1, -0.05) is 29.6 Å². The lowest BCUT2D eigenvalue weighted by atomic mass is 9.98. The molecule has 1 aliphatic rings. The fraction of sp³-hybridized carbons (Fsp3) is 0.500. The van der Waals surface area contributed by atoms with Crippen LogP contribution in [-0.4, -0.2) is 52.8 Å². The number of carbonyl (C=O) groups is 1. The van der Waals surface area contributed by atoms with Gasteiger partial charge in [-0.15, -0.1) is 0 Å². The molecule has 1 amide bonds. The zero-order chi connectivity index (χ0) is 23.5. The zero-order valence-electron chi connectivity index (χ0n) is 17.9. The number of piperidine rings is 1. The lowest BCUT2D eigenvalue weighted by molar-refractivity contribution is -0.396. The maximum absolute atomic E-state index is 13.3. The number of likely N-dealkylation sites (tertiary alicyclic amines) is 1. The Bertz CT molecular complexity index is 1100. The Morgan fingerprint density at radius 2 is 2.06 bits per heavy atom. The smallest absolute Gasteiger partial charge is 0.390 e. The summed E-state index contributed by atoms with van der Waals surface area (Å²) in [4.78, 5) is 29.1. The summed E-state index contributed by atoms with van der Waals surface area (Å²) in [6.07, 6.45) is 4.43. The van der Waals surface area contributed by atoms with Crippen LogP contribution < -0.4 is 4.72 Å². The second-order valence-corrected chi connectivity index (χ2v) is 10.1. The number of aromatic nitrogens is 2. The van der Waals surface area contributed by atoms with E-state index in [9.17, 15) is 23.3 Å². The van der Waals surface area contributed by atoms with E-state index in [1.165, 1.54) is 29.1 Å². The van der Waals surface area contributed by atoms with Crippen molar-refractivity contribution in [3.63, 3.8) is 0 Å². The largest absolute Gasteiger partial charge is 0.434 e. The lowest BCUT2D eigenvalue weighted by Crippen LogP contribution is -2.51. The summed E-state index contributed by atoms with van der Waals surface area (Å²) < 4.78 is 30.1. The van der Waals surface area contributed by atoms with E-state index in [4.69, 9.17) is 11.6 Å². The highest BCUT2D eigenvalue weighted by molar-refractivity contribution is 7.89. The van der Waals surface area contributed by atoms with Gasteiger partial charge in [0.2, 0.25) is 15.9 Å². The Balaban J connectivity index is 1.85. The molecule has 1 aromatic carbocycles. The molecule has 3 rings (SSSR count). The lowest BCUT2D eigenvalue weighted by Gasteiger charge is -2.33. The third-order valence-corrected chi connectivity index (χ3v) is 7.74. The van der Waals surface area contributed by atoms with Crippen LogP contribution in [0.5, 0.6) is 0 Å². The van der Waals surface area contributed by atoms with Crippen LogP contribution in [0, 0.1) is 23.0 Å². The minimum Gasteiger partial charge on any atom is -0.390 e. The van der Waals surface area contributed by atoms with Gasteiger partial charge in [-0.3, -0.25) is 4.79 Å². The summed E-state index contributed by atoms with van der Waals surface area (Å²) in [5, 5.41) is 11.4.